The van der Waals surface area contributed by atoms with E-state index in [1.807, 2.05) is 0 Å². The van der Waals surface area contributed by atoms with Crippen LogP contribution in [0.3, 0.4) is 0 Å². The molecular weight excluding hydrogens is 315 g/mol. The Kier molecular flexibility index (Phi) is 5.77. The Hall–Kier alpha value is -2.26. The molecule has 0 bridgehead atoms. The molecular formula is C13H15FN2O5S. The lowest BCUT2D eigenvalue weighted by Gasteiger charge is -2.13. The van der Waals surface area contributed by atoms with Crippen LogP contribution in [-0.2, 0) is 19.6 Å². The molecule has 0 aliphatic heterocycles. The van der Waals surface area contributed by atoms with Crippen molar-refractivity contribution >= 4 is 21.9 Å². The molecule has 0 saturated heterocycles. The van der Waals surface area contributed by atoms with Gasteiger partial charge in [0.1, 0.15) is 5.82 Å². The molecule has 1 rings (SSSR count). The number of rotatable bonds is 6. The molecule has 0 spiro atoms. The van der Waals surface area contributed by atoms with Gasteiger partial charge in [0.05, 0.1) is 10.5 Å². The Morgan fingerprint density at radius 1 is 1.50 bits per heavy atom. The first-order valence-electron chi connectivity index (χ1n) is 6.08. The van der Waals surface area contributed by atoms with Crippen molar-refractivity contribution in [3.05, 3.63) is 42.2 Å². The van der Waals surface area contributed by atoms with Gasteiger partial charge in [-0.1, -0.05) is 6.08 Å². The molecule has 0 heterocycles. The third-order valence-corrected chi connectivity index (χ3v) is 3.47. The Balaban J connectivity index is 2.94. The fraction of sp³-hybridized carbons (Fsp3) is 0.231. The molecule has 0 aliphatic rings. The molecule has 1 aromatic carbocycles. The van der Waals surface area contributed by atoms with E-state index in [9.17, 15) is 22.4 Å². The van der Waals surface area contributed by atoms with Gasteiger partial charge >= 0.3 is 5.97 Å². The van der Waals surface area contributed by atoms with Crippen LogP contribution in [0, 0.1) is 5.82 Å². The van der Waals surface area contributed by atoms with Gasteiger partial charge in [0.2, 0.25) is 10.0 Å². The number of carbonyl (C=O) groups excluding carboxylic acids is 2. The molecule has 0 unspecified atom stereocenters. The number of ether oxygens (including phenoxy) is 1. The van der Waals surface area contributed by atoms with Crippen LogP contribution < -0.4 is 10.5 Å². The van der Waals surface area contributed by atoms with Crippen LogP contribution in [0.4, 0.5) is 4.39 Å². The number of esters is 1. The van der Waals surface area contributed by atoms with Crippen LogP contribution in [0.15, 0.2) is 35.7 Å². The first-order valence-corrected chi connectivity index (χ1v) is 7.63. The molecule has 1 amide bonds. The van der Waals surface area contributed by atoms with Crippen molar-refractivity contribution in [2.75, 3.05) is 6.54 Å². The van der Waals surface area contributed by atoms with Gasteiger partial charge in [0.15, 0.2) is 6.10 Å². The number of nitrogens with one attached hydrogen (secondary N) is 1. The predicted octanol–water partition coefficient (Wildman–Crippen LogP) is 0.321. The zero-order valence-electron chi connectivity index (χ0n) is 11.7. The van der Waals surface area contributed by atoms with Crippen LogP contribution in [0.1, 0.15) is 17.3 Å². The smallest absolute Gasteiger partial charge is 0.341 e. The van der Waals surface area contributed by atoms with E-state index in [1.54, 1.807) is 0 Å². The second-order valence-electron chi connectivity index (χ2n) is 4.27. The van der Waals surface area contributed by atoms with Crippen molar-refractivity contribution in [1.29, 1.82) is 0 Å². The standard InChI is InChI=1S/C13H15FN2O5S/c1-3-6-16-12(17)8(2)21-13(18)10-7-9(22(15,19)20)4-5-11(10)14/h3-5,7-8H,1,6H2,2H3,(H,16,17)(H2,15,19,20)/t8-/m1/s1. The quantitative estimate of drug-likeness (QED) is 0.576. The Morgan fingerprint density at radius 2 is 2.14 bits per heavy atom. The highest BCUT2D eigenvalue weighted by Crippen LogP contribution is 2.15. The zero-order chi connectivity index (χ0) is 16.9. The Bertz CT molecular complexity index is 702. The molecule has 0 fully saturated rings. The van der Waals surface area contributed by atoms with Gasteiger partial charge in [-0.15, -0.1) is 6.58 Å². The molecule has 1 aromatic rings. The van der Waals surface area contributed by atoms with Gasteiger partial charge < -0.3 is 10.1 Å². The van der Waals surface area contributed by atoms with Crippen LogP contribution in [0.2, 0.25) is 0 Å². The van der Waals surface area contributed by atoms with Crippen LogP contribution in [0.25, 0.3) is 0 Å². The summed E-state index contributed by atoms with van der Waals surface area (Å²) >= 11 is 0. The number of benzene rings is 1. The van der Waals surface area contributed by atoms with E-state index in [4.69, 9.17) is 9.88 Å². The second kappa shape index (κ2) is 7.14. The van der Waals surface area contributed by atoms with E-state index in [2.05, 4.69) is 11.9 Å². The average molecular weight is 330 g/mol. The van der Waals surface area contributed by atoms with Crippen molar-refractivity contribution < 1.29 is 27.1 Å². The van der Waals surface area contributed by atoms with Gasteiger partial charge in [-0.3, -0.25) is 4.79 Å². The number of hydrogen-bond donors (Lipinski definition) is 2. The second-order valence-corrected chi connectivity index (χ2v) is 5.83. The van der Waals surface area contributed by atoms with Crippen molar-refractivity contribution in [2.45, 2.75) is 17.9 Å². The molecule has 7 nitrogen and oxygen atoms in total. The highest BCUT2D eigenvalue weighted by atomic mass is 32.2. The minimum Gasteiger partial charge on any atom is -0.449 e. The monoisotopic (exact) mass is 330 g/mol. The summed E-state index contributed by atoms with van der Waals surface area (Å²) in [5.74, 6) is -2.77. The lowest BCUT2D eigenvalue weighted by molar-refractivity contribution is -0.128. The molecule has 1 atom stereocenters. The predicted molar refractivity (Wildman–Crippen MR) is 75.9 cm³/mol. The summed E-state index contributed by atoms with van der Waals surface area (Å²) in [6.07, 6.45) is 0.242. The number of primary sulfonamides is 1. The highest BCUT2D eigenvalue weighted by Gasteiger charge is 2.22. The maximum atomic E-state index is 13.6. The van der Waals surface area contributed by atoms with E-state index < -0.39 is 44.3 Å². The van der Waals surface area contributed by atoms with E-state index in [-0.39, 0.29) is 6.54 Å². The molecule has 0 aliphatic carbocycles. The van der Waals surface area contributed by atoms with Crippen molar-refractivity contribution in [3.8, 4) is 0 Å². The molecule has 3 N–H and O–H groups in total. The molecule has 120 valence electrons. The number of sulfonamides is 1. The van der Waals surface area contributed by atoms with Crippen molar-refractivity contribution in [2.24, 2.45) is 5.14 Å². The summed E-state index contributed by atoms with van der Waals surface area (Å²) in [6, 6.07) is 2.45. The summed E-state index contributed by atoms with van der Waals surface area (Å²) in [5.41, 5.74) is -0.630. The van der Waals surface area contributed by atoms with E-state index in [1.165, 1.54) is 13.0 Å². The minimum absolute atomic E-state index is 0.177. The van der Waals surface area contributed by atoms with Gasteiger partial charge in [-0.25, -0.2) is 22.7 Å². The van der Waals surface area contributed by atoms with Crippen molar-refractivity contribution in [3.63, 3.8) is 0 Å². The number of halogens is 1. The van der Waals surface area contributed by atoms with E-state index in [0.717, 1.165) is 18.2 Å². The normalized spacial score (nSPS) is 12.3. The SMILES string of the molecule is C=CCNC(=O)[C@@H](C)OC(=O)c1cc(S(N)(=O)=O)ccc1F. The lowest BCUT2D eigenvalue weighted by Crippen LogP contribution is -2.36. The summed E-state index contributed by atoms with van der Waals surface area (Å²) in [6.45, 7) is 4.87. The topological polar surface area (TPSA) is 116 Å². The molecule has 0 aromatic heterocycles. The van der Waals surface area contributed by atoms with Gasteiger partial charge in [-0.05, 0) is 25.1 Å². The summed E-state index contributed by atoms with van der Waals surface area (Å²) in [5, 5.41) is 7.30. The minimum atomic E-state index is -4.10. The zero-order valence-corrected chi connectivity index (χ0v) is 12.5. The largest absolute Gasteiger partial charge is 0.449 e. The maximum absolute atomic E-state index is 13.6. The van der Waals surface area contributed by atoms with Crippen LogP contribution >= 0.6 is 0 Å². The van der Waals surface area contributed by atoms with E-state index in [0.29, 0.717) is 0 Å². The summed E-state index contributed by atoms with van der Waals surface area (Å²) in [4.78, 5) is 22.9. The van der Waals surface area contributed by atoms with Gasteiger partial charge in [0, 0.05) is 6.54 Å². The molecule has 0 saturated carbocycles. The fourth-order valence-corrected chi connectivity index (χ4v) is 1.97. The Labute approximate surface area is 127 Å². The van der Waals surface area contributed by atoms with Crippen molar-refractivity contribution in [1.82, 2.24) is 5.32 Å². The first kappa shape index (κ1) is 17.8. The number of nitrogens with two attached hydrogens (primary N) is 1. The number of hydrogen-bond acceptors (Lipinski definition) is 5. The van der Waals surface area contributed by atoms with Gasteiger partial charge in [0.25, 0.3) is 5.91 Å². The lowest BCUT2D eigenvalue weighted by atomic mass is 10.2. The molecule has 22 heavy (non-hydrogen) atoms. The number of carbonyl (C=O) groups is 2. The average Bonchev–Trinajstić information content (AvgIpc) is 2.43. The molecule has 0 radical (unpaired) electrons. The Morgan fingerprint density at radius 3 is 2.68 bits per heavy atom. The third kappa shape index (κ3) is 4.64. The maximum Gasteiger partial charge on any atom is 0.341 e. The molecule has 9 heteroatoms. The van der Waals surface area contributed by atoms with E-state index >= 15 is 0 Å². The van der Waals surface area contributed by atoms with Crippen LogP contribution in [-0.4, -0.2) is 32.9 Å². The fourth-order valence-electron chi connectivity index (χ4n) is 1.43. The summed E-state index contributed by atoms with van der Waals surface area (Å²) < 4.78 is 40.8. The third-order valence-electron chi connectivity index (χ3n) is 2.56. The number of amides is 1. The summed E-state index contributed by atoms with van der Waals surface area (Å²) in [7, 11) is -4.10. The first-order chi connectivity index (χ1) is 10.2. The van der Waals surface area contributed by atoms with Crippen LogP contribution in [0.5, 0.6) is 0 Å². The van der Waals surface area contributed by atoms with Gasteiger partial charge in [-0.2, -0.15) is 0 Å². The highest BCUT2D eigenvalue weighted by molar-refractivity contribution is 7.89.